The van der Waals surface area contributed by atoms with Crippen LogP contribution in [0.4, 0.5) is 5.69 Å². The number of hydrogen-bond donors (Lipinski definition) is 1. The normalized spacial score (nSPS) is 10.3. The Hall–Kier alpha value is -0.890. The Morgan fingerprint density at radius 1 is 0.824 bits per heavy atom. The molecular weight excluding hydrogens is 277 g/mol. The van der Waals surface area contributed by atoms with E-state index in [-0.39, 0.29) is 0 Å². The van der Waals surface area contributed by atoms with E-state index in [1.54, 1.807) is 0 Å². The third kappa shape index (κ3) is 3.29. The van der Waals surface area contributed by atoms with Gasteiger partial charge in [-0.05, 0) is 36.4 Å². The van der Waals surface area contributed by atoms with Crippen molar-refractivity contribution in [3.8, 4) is 0 Å². The third-order valence-corrected chi connectivity index (χ3v) is 3.34. The molecule has 0 amide bonds. The van der Waals surface area contributed by atoms with Gasteiger partial charge in [0, 0.05) is 32.9 Å². The largest absolute Gasteiger partial charge is 0.381 e. The minimum absolute atomic E-state index is 0.583. The van der Waals surface area contributed by atoms with E-state index in [9.17, 15) is 0 Å². The Bertz CT molecular complexity index is 488. The van der Waals surface area contributed by atoms with E-state index in [1.807, 2.05) is 42.5 Å². The van der Waals surface area contributed by atoms with Crippen molar-refractivity contribution in [2.45, 2.75) is 6.54 Å². The summed E-state index contributed by atoms with van der Waals surface area (Å²) in [6.45, 7) is 0.583. The lowest BCUT2D eigenvalue weighted by atomic mass is 10.2. The predicted molar refractivity (Wildman–Crippen MR) is 75.2 cm³/mol. The van der Waals surface area contributed by atoms with Crippen molar-refractivity contribution in [2.24, 2.45) is 0 Å². The Balaban J connectivity index is 2.10. The van der Waals surface area contributed by atoms with Gasteiger partial charge in [-0.1, -0.05) is 40.9 Å². The van der Waals surface area contributed by atoms with Gasteiger partial charge in [0.1, 0.15) is 0 Å². The minimum atomic E-state index is 0.583. The first-order chi connectivity index (χ1) is 8.16. The van der Waals surface area contributed by atoms with Gasteiger partial charge in [-0.2, -0.15) is 0 Å². The number of anilines is 1. The summed E-state index contributed by atoms with van der Waals surface area (Å²) in [5, 5.41) is 5.29. The quantitative estimate of drug-likeness (QED) is 0.811. The van der Waals surface area contributed by atoms with Crippen LogP contribution in [-0.2, 0) is 6.54 Å². The first kappa shape index (κ1) is 12.6. The minimum Gasteiger partial charge on any atom is -0.381 e. The highest BCUT2D eigenvalue weighted by Crippen LogP contribution is 2.25. The second-order valence-electron chi connectivity index (χ2n) is 3.56. The molecule has 0 aliphatic rings. The lowest BCUT2D eigenvalue weighted by molar-refractivity contribution is 1.15. The molecule has 0 aliphatic carbocycles. The van der Waals surface area contributed by atoms with Gasteiger partial charge in [0.05, 0.1) is 0 Å². The lowest BCUT2D eigenvalue weighted by Gasteiger charge is -2.09. The predicted octanol–water partition coefficient (Wildman–Crippen LogP) is 5.26. The van der Waals surface area contributed by atoms with Crippen LogP contribution in [0.3, 0.4) is 0 Å². The summed E-state index contributed by atoms with van der Waals surface area (Å²) in [4.78, 5) is 0. The second kappa shape index (κ2) is 5.63. The van der Waals surface area contributed by atoms with Crippen molar-refractivity contribution in [3.05, 3.63) is 63.1 Å². The van der Waals surface area contributed by atoms with Crippen molar-refractivity contribution in [1.82, 2.24) is 0 Å². The summed E-state index contributed by atoms with van der Waals surface area (Å²) in [5.74, 6) is 0. The van der Waals surface area contributed by atoms with Crippen LogP contribution < -0.4 is 5.32 Å². The summed E-state index contributed by atoms with van der Waals surface area (Å²) in [6, 6.07) is 13.0. The molecule has 0 aliphatic heterocycles. The van der Waals surface area contributed by atoms with Crippen molar-refractivity contribution < 1.29 is 0 Å². The first-order valence-corrected chi connectivity index (χ1v) is 6.22. The van der Waals surface area contributed by atoms with Crippen LogP contribution in [0.25, 0.3) is 0 Å². The van der Waals surface area contributed by atoms with E-state index in [1.165, 1.54) is 0 Å². The average Bonchev–Trinajstić information content (AvgIpc) is 2.31. The molecule has 1 N–H and O–H groups in total. The Labute approximate surface area is 115 Å². The van der Waals surface area contributed by atoms with E-state index in [4.69, 9.17) is 34.8 Å². The molecule has 0 saturated carbocycles. The Kier molecular flexibility index (Phi) is 4.16. The summed E-state index contributed by atoms with van der Waals surface area (Å²) in [5.41, 5.74) is 1.87. The van der Waals surface area contributed by atoms with E-state index < -0.39 is 0 Å². The molecule has 2 rings (SSSR count). The van der Waals surface area contributed by atoms with Gasteiger partial charge in [0.15, 0.2) is 0 Å². The molecule has 0 aromatic heterocycles. The molecule has 2 aromatic rings. The maximum absolute atomic E-state index is 6.08. The Morgan fingerprint density at radius 3 is 2.00 bits per heavy atom. The SMILES string of the molecule is Clc1ccc(NCc2c(Cl)cccc2Cl)cc1. The summed E-state index contributed by atoms with van der Waals surface area (Å²) < 4.78 is 0. The van der Waals surface area contributed by atoms with Crippen molar-refractivity contribution >= 4 is 40.5 Å². The maximum Gasteiger partial charge on any atom is 0.0470 e. The van der Waals surface area contributed by atoms with E-state index in [2.05, 4.69) is 5.32 Å². The smallest absolute Gasteiger partial charge is 0.0470 e. The van der Waals surface area contributed by atoms with Crippen LogP contribution in [0.5, 0.6) is 0 Å². The average molecular weight is 287 g/mol. The molecule has 0 bridgehead atoms. The molecule has 0 fully saturated rings. The molecule has 4 heteroatoms. The van der Waals surface area contributed by atoms with Crippen molar-refractivity contribution in [3.63, 3.8) is 0 Å². The number of hydrogen-bond acceptors (Lipinski definition) is 1. The van der Waals surface area contributed by atoms with Gasteiger partial charge in [0.25, 0.3) is 0 Å². The van der Waals surface area contributed by atoms with Crippen molar-refractivity contribution in [2.75, 3.05) is 5.32 Å². The Morgan fingerprint density at radius 2 is 1.41 bits per heavy atom. The molecule has 88 valence electrons. The van der Waals surface area contributed by atoms with Crippen LogP contribution in [0, 0.1) is 0 Å². The van der Waals surface area contributed by atoms with Crippen LogP contribution in [0.15, 0.2) is 42.5 Å². The molecule has 2 aromatic carbocycles. The number of benzene rings is 2. The second-order valence-corrected chi connectivity index (χ2v) is 4.81. The summed E-state index contributed by atoms with van der Waals surface area (Å²) >= 11 is 18.0. The topological polar surface area (TPSA) is 12.0 Å². The molecule has 0 spiro atoms. The molecule has 0 heterocycles. The van der Waals surface area contributed by atoms with Gasteiger partial charge < -0.3 is 5.32 Å². The first-order valence-electron chi connectivity index (χ1n) is 5.09. The monoisotopic (exact) mass is 285 g/mol. The van der Waals surface area contributed by atoms with E-state index in [0.29, 0.717) is 21.6 Å². The highest BCUT2D eigenvalue weighted by Gasteiger charge is 2.04. The fourth-order valence-electron chi connectivity index (χ4n) is 1.46. The van der Waals surface area contributed by atoms with Crippen LogP contribution in [-0.4, -0.2) is 0 Å². The van der Waals surface area contributed by atoms with Gasteiger partial charge >= 0.3 is 0 Å². The van der Waals surface area contributed by atoms with Gasteiger partial charge in [0.2, 0.25) is 0 Å². The molecule has 17 heavy (non-hydrogen) atoms. The highest BCUT2D eigenvalue weighted by atomic mass is 35.5. The molecule has 0 atom stereocenters. The number of nitrogens with one attached hydrogen (secondary N) is 1. The zero-order chi connectivity index (χ0) is 12.3. The molecule has 0 unspecified atom stereocenters. The summed E-state index contributed by atoms with van der Waals surface area (Å²) in [7, 11) is 0. The fraction of sp³-hybridized carbons (Fsp3) is 0.0769. The van der Waals surface area contributed by atoms with Gasteiger partial charge in [-0.3, -0.25) is 0 Å². The van der Waals surface area contributed by atoms with E-state index in [0.717, 1.165) is 11.3 Å². The number of halogens is 3. The van der Waals surface area contributed by atoms with Crippen LogP contribution >= 0.6 is 34.8 Å². The zero-order valence-electron chi connectivity index (χ0n) is 8.88. The molecular formula is C13H10Cl3N. The van der Waals surface area contributed by atoms with Gasteiger partial charge in [-0.25, -0.2) is 0 Å². The standard InChI is InChI=1S/C13H10Cl3N/c14-9-4-6-10(7-5-9)17-8-11-12(15)2-1-3-13(11)16/h1-7,17H,8H2. The van der Waals surface area contributed by atoms with E-state index >= 15 is 0 Å². The van der Waals surface area contributed by atoms with Gasteiger partial charge in [-0.15, -0.1) is 0 Å². The van der Waals surface area contributed by atoms with Crippen LogP contribution in [0.2, 0.25) is 15.1 Å². The maximum atomic E-state index is 6.08. The van der Waals surface area contributed by atoms with Crippen LogP contribution in [0.1, 0.15) is 5.56 Å². The lowest BCUT2D eigenvalue weighted by Crippen LogP contribution is -2.00. The number of rotatable bonds is 3. The summed E-state index contributed by atoms with van der Waals surface area (Å²) in [6.07, 6.45) is 0. The fourth-order valence-corrected chi connectivity index (χ4v) is 2.12. The molecule has 0 saturated heterocycles. The van der Waals surface area contributed by atoms with Crippen molar-refractivity contribution in [1.29, 1.82) is 0 Å². The molecule has 1 nitrogen and oxygen atoms in total. The highest BCUT2D eigenvalue weighted by molar-refractivity contribution is 6.36. The molecule has 0 radical (unpaired) electrons. The zero-order valence-corrected chi connectivity index (χ0v) is 11.2. The third-order valence-electron chi connectivity index (χ3n) is 2.38.